The second-order valence-electron chi connectivity index (χ2n) is 4.18. The van der Waals surface area contributed by atoms with Gasteiger partial charge < -0.3 is 5.32 Å². The number of guanidine groups is 1. The lowest BCUT2D eigenvalue weighted by Crippen LogP contribution is -2.34. The molecule has 2 N–H and O–H groups in total. The zero-order valence-corrected chi connectivity index (χ0v) is 12.7. The summed E-state index contributed by atoms with van der Waals surface area (Å²) in [5.41, 5.74) is 1.37. The van der Waals surface area contributed by atoms with E-state index < -0.39 is 0 Å². The fourth-order valence-corrected chi connectivity index (χ4v) is 2.21. The number of hydrogen-bond acceptors (Lipinski definition) is 2. The summed E-state index contributed by atoms with van der Waals surface area (Å²) < 4.78 is 1.14. The number of hydrogen-bond donors (Lipinski definition) is 2. The third-order valence-corrected chi connectivity index (χ3v) is 3.21. The molecule has 102 valence electrons. The number of nitrogens with one attached hydrogen (secondary N) is 2. The van der Waals surface area contributed by atoms with Gasteiger partial charge in [-0.05, 0) is 37.0 Å². The first-order valence-electron chi connectivity index (χ1n) is 6.36. The predicted molar refractivity (Wildman–Crippen MR) is 81.8 cm³/mol. The van der Waals surface area contributed by atoms with Crippen molar-refractivity contribution >= 4 is 21.9 Å². The number of aryl methyl sites for hydroxylation is 1. The zero-order chi connectivity index (χ0) is 13.9. The van der Waals surface area contributed by atoms with Crippen LogP contribution < -0.4 is 10.6 Å². The van der Waals surface area contributed by atoms with E-state index in [1.54, 1.807) is 7.05 Å². The van der Waals surface area contributed by atoms with Gasteiger partial charge in [-0.25, -0.2) is 0 Å². The topological polar surface area (TPSA) is 60.2 Å². The maximum atomic E-state index is 8.47. The van der Waals surface area contributed by atoms with E-state index in [-0.39, 0.29) is 0 Å². The van der Waals surface area contributed by atoms with E-state index in [1.165, 1.54) is 12.0 Å². The van der Waals surface area contributed by atoms with Crippen LogP contribution in [0.1, 0.15) is 24.8 Å². The van der Waals surface area contributed by atoms with Gasteiger partial charge in [-0.2, -0.15) is 5.26 Å². The Morgan fingerprint density at radius 3 is 2.89 bits per heavy atom. The number of rotatable bonds is 6. The maximum Gasteiger partial charge on any atom is 0.204 e. The number of unbranched alkanes of at least 4 members (excludes halogenated alkanes) is 2. The van der Waals surface area contributed by atoms with Gasteiger partial charge in [-0.1, -0.05) is 34.5 Å². The Morgan fingerprint density at radius 2 is 2.21 bits per heavy atom. The molecule has 0 atom stereocenters. The molecule has 0 amide bonds. The van der Waals surface area contributed by atoms with Crippen molar-refractivity contribution in [3.05, 3.63) is 34.3 Å². The van der Waals surface area contributed by atoms with E-state index in [4.69, 9.17) is 5.26 Å². The molecule has 0 saturated heterocycles. The van der Waals surface area contributed by atoms with Gasteiger partial charge >= 0.3 is 0 Å². The summed E-state index contributed by atoms with van der Waals surface area (Å²) in [6.07, 6.45) is 6.35. The summed E-state index contributed by atoms with van der Waals surface area (Å²) in [5, 5.41) is 14.1. The van der Waals surface area contributed by atoms with Crippen molar-refractivity contribution in [1.29, 1.82) is 5.26 Å². The molecule has 1 aromatic carbocycles. The van der Waals surface area contributed by atoms with Crippen LogP contribution in [0.4, 0.5) is 0 Å². The largest absolute Gasteiger partial charge is 0.356 e. The molecular formula is C14H19BrN4. The molecule has 19 heavy (non-hydrogen) atoms. The SMILES string of the molecule is CN=C(NC#N)NCCCCCc1cccc(Br)c1. The van der Waals surface area contributed by atoms with Crippen molar-refractivity contribution in [2.75, 3.05) is 13.6 Å². The van der Waals surface area contributed by atoms with E-state index in [0.29, 0.717) is 5.96 Å². The lowest BCUT2D eigenvalue weighted by molar-refractivity contribution is 0.660. The van der Waals surface area contributed by atoms with E-state index in [9.17, 15) is 0 Å². The van der Waals surface area contributed by atoms with Crippen molar-refractivity contribution in [2.24, 2.45) is 4.99 Å². The molecule has 0 heterocycles. The highest BCUT2D eigenvalue weighted by Gasteiger charge is 1.97. The minimum Gasteiger partial charge on any atom is -0.356 e. The summed E-state index contributed by atoms with van der Waals surface area (Å²) >= 11 is 3.48. The molecule has 0 aliphatic carbocycles. The summed E-state index contributed by atoms with van der Waals surface area (Å²) in [6.45, 7) is 0.833. The number of aliphatic imine (C=N–C) groups is 1. The molecule has 0 aliphatic rings. The van der Waals surface area contributed by atoms with E-state index >= 15 is 0 Å². The number of nitriles is 1. The highest BCUT2D eigenvalue weighted by molar-refractivity contribution is 9.10. The van der Waals surface area contributed by atoms with E-state index in [2.05, 4.69) is 49.8 Å². The van der Waals surface area contributed by atoms with Crippen LogP contribution in [0.2, 0.25) is 0 Å². The first-order chi connectivity index (χ1) is 9.26. The molecule has 0 saturated carbocycles. The number of halogens is 1. The second kappa shape index (κ2) is 9.40. The van der Waals surface area contributed by atoms with Gasteiger partial charge in [0.2, 0.25) is 5.96 Å². The summed E-state index contributed by atoms with van der Waals surface area (Å²) in [5.74, 6) is 0.537. The van der Waals surface area contributed by atoms with Crippen LogP contribution in [0, 0.1) is 11.5 Å². The Morgan fingerprint density at radius 1 is 1.37 bits per heavy atom. The fraction of sp³-hybridized carbons (Fsp3) is 0.429. The van der Waals surface area contributed by atoms with Gasteiger partial charge in [0.15, 0.2) is 6.19 Å². The third-order valence-electron chi connectivity index (χ3n) is 2.72. The number of nitrogens with zero attached hydrogens (tertiary/aromatic N) is 2. The summed E-state index contributed by atoms with van der Waals surface area (Å²) in [4.78, 5) is 3.92. The van der Waals surface area contributed by atoms with Crippen LogP contribution in [0.15, 0.2) is 33.7 Å². The second-order valence-corrected chi connectivity index (χ2v) is 5.09. The van der Waals surface area contributed by atoms with Crippen molar-refractivity contribution in [1.82, 2.24) is 10.6 Å². The van der Waals surface area contributed by atoms with Gasteiger partial charge in [0, 0.05) is 18.1 Å². The summed E-state index contributed by atoms with van der Waals surface area (Å²) in [6, 6.07) is 8.43. The molecule has 0 aromatic heterocycles. The molecule has 1 rings (SSSR count). The molecule has 0 fully saturated rings. The highest BCUT2D eigenvalue weighted by atomic mass is 79.9. The predicted octanol–water partition coefficient (Wildman–Crippen LogP) is 2.81. The minimum absolute atomic E-state index is 0.537. The van der Waals surface area contributed by atoms with Gasteiger partial charge in [0.05, 0.1) is 0 Å². The third kappa shape index (κ3) is 6.82. The van der Waals surface area contributed by atoms with Gasteiger partial charge in [0.1, 0.15) is 0 Å². The first-order valence-corrected chi connectivity index (χ1v) is 7.15. The molecule has 0 unspecified atom stereocenters. The normalized spacial score (nSPS) is 10.9. The molecule has 0 aliphatic heterocycles. The van der Waals surface area contributed by atoms with Crippen molar-refractivity contribution < 1.29 is 0 Å². The minimum atomic E-state index is 0.537. The maximum absolute atomic E-state index is 8.47. The Balaban J connectivity index is 2.10. The molecule has 4 nitrogen and oxygen atoms in total. The van der Waals surface area contributed by atoms with Crippen LogP contribution >= 0.6 is 15.9 Å². The standard InChI is InChI=1S/C14H19BrN4/c1-17-14(19-11-16)18-9-4-2-3-6-12-7-5-8-13(15)10-12/h5,7-8,10H,2-4,6,9H2,1H3,(H2,17,18,19). The monoisotopic (exact) mass is 322 g/mol. The van der Waals surface area contributed by atoms with Crippen LogP contribution in [0.25, 0.3) is 0 Å². The molecular weight excluding hydrogens is 304 g/mol. The Hall–Kier alpha value is -1.54. The smallest absolute Gasteiger partial charge is 0.204 e. The van der Waals surface area contributed by atoms with Gasteiger partial charge in [0.25, 0.3) is 0 Å². The molecule has 1 aromatic rings. The number of benzene rings is 1. The van der Waals surface area contributed by atoms with Crippen LogP contribution in [-0.4, -0.2) is 19.6 Å². The Kier molecular flexibility index (Phi) is 7.68. The summed E-state index contributed by atoms with van der Waals surface area (Å²) in [7, 11) is 1.65. The van der Waals surface area contributed by atoms with Gasteiger partial charge in [-0.15, -0.1) is 0 Å². The Labute approximate surface area is 123 Å². The average Bonchev–Trinajstić information content (AvgIpc) is 2.41. The zero-order valence-electron chi connectivity index (χ0n) is 11.1. The first kappa shape index (κ1) is 15.5. The Bertz CT molecular complexity index is 451. The van der Waals surface area contributed by atoms with Crippen molar-refractivity contribution in [3.63, 3.8) is 0 Å². The van der Waals surface area contributed by atoms with E-state index in [1.807, 2.05) is 12.3 Å². The molecule has 0 bridgehead atoms. The van der Waals surface area contributed by atoms with Gasteiger partial charge in [-0.3, -0.25) is 10.3 Å². The van der Waals surface area contributed by atoms with Crippen molar-refractivity contribution in [3.8, 4) is 6.19 Å². The lowest BCUT2D eigenvalue weighted by atomic mass is 10.1. The van der Waals surface area contributed by atoms with E-state index in [0.717, 1.165) is 30.3 Å². The molecule has 0 spiro atoms. The fourth-order valence-electron chi connectivity index (χ4n) is 1.76. The quantitative estimate of drug-likeness (QED) is 0.278. The van der Waals surface area contributed by atoms with Crippen LogP contribution in [0.5, 0.6) is 0 Å². The van der Waals surface area contributed by atoms with Crippen molar-refractivity contribution in [2.45, 2.75) is 25.7 Å². The molecule has 0 radical (unpaired) electrons. The average molecular weight is 323 g/mol. The molecule has 5 heteroatoms. The highest BCUT2D eigenvalue weighted by Crippen LogP contribution is 2.13. The lowest BCUT2D eigenvalue weighted by Gasteiger charge is -2.06. The van der Waals surface area contributed by atoms with Crippen LogP contribution in [-0.2, 0) is 6.42 Å². The van der Waals surface area contributed by atoms with Crippen LogP contribution in [0.3, 0.4) is 0 Å².